The lowest BCUT2D eigenvalue weighted by molar-refractivity contribution is -0.144. The summed E-state index contributed by atoms with van der Waals surface area (Å²) in [4.78, 5) is 49.5. The van der Waals surface area contributed by atoms with Gasteiger partial charge in [0.05, 0.1) is 98.4 Å². The maximum absolute atomic E-state index is 12.4. The summed E-state index contributed by atoms with van der Waals surface area (Å²) in [6, 6.07) is 0. The van der Waals surface area contributed by atoms with Crippen LogP contribution in [0.5, 0.6) is 0 Å². The molecule has 0 bridgehead atoms. The highest BCUT2D eigenvalue weighted by Crippen LogP contribution is 2.17. The molecule has 0 saturated heterocycles. The van der Waals surface area contributed by atoms with Gasteiger partial charge in [0.1, 0.15) is 5.78 Å². The van der Waals surface area contributed by atoms with Crippen molar-refractivity contribution < 1.29 is 62.5 Å². The number of rotatable bonds is 47. The van der Waals surface area contributed by atoms with E-state index >= 15 is 0 Å². The summed E-state index contributed by atoms with van der Waals surface area (Å²) in [7, 11) is 0. The Morgan fingerprint density at radius 2 is 0.877 bits per heavy atom. The number of amides is 1. The van der Waals surface area contributed by atoms with Crippen molar-refractivity contribution in [3.63, 3.8) is 0 Å². The van der Waals surface area contributed by atoms with E-state index in [9.17, 15) is 24.3 Å². The van der Waals surface area contributed by atoms with Gasteiger partial charge in [-0.15, -0.1) is 0 Å². The van der Waals surface area contributed by atoms with E-state index < -0.39 is 17.9 Å². The van der Waals surface area contributed by atoms with Crippen LogP contribution in [0.25, 0.3) is 10.4 Å². The zero-order valence-electron chi connectivity index (χ0n) is 34.6. The largest absolute Gasteiger partial charge is 0.481 e. The normalized spacial score (nSPS) is 11.6. The van der Waals surface area contributed by atoms with Crippen LogP contribution in [0.4, 0.5) is 0 Å². The van der Waals surface area contributed by atoms with Gasteiger partial charge in [0, 0.05) is 43.7 Å². The molecule has 0 radical (unpaired) electrons. The first kappa shape index (κ1) is 54.1. The minimum Gasteiger partial charge on any atom is -0.481 e. The van der Waals surface area contributed by atoms with Gasteiger partial charge in [-0.25, -0.2) is 0 Å². The first-order valence-corrected chi connectivity index (χ1v) is 21.1. The van der Waals surface area contributed by atoms with Crippen molar-refractivity contribution in [1.82, 2.24) is 5.32 Å². The van der Waals surface area contributed by atoms with Crippen LogP contribution in [0.15, 0.2) is 5.11 Å². The van der Waals surface area contributed by atoms with Crippen LogP contribution in [0, 0.1) is 5.92 Å². The van der Waals surface area contributed by atoms with Crippen LogP contribution in [0.2, 0.25) is 0 Å². The molecule has 0 aliphatic rings. The smallest absolute Gasteiger partial charge is 0.306 e. The fourth-order valence-electron chi connectivity index (χ4n) is 5.64. The molecule has 57 heavy (non-hydrogen) atoms. The minimum atomic E-state index is -1.05. The second kappa shape index (κ2) is 44.2. The van der Waals surface area contributed by atoms with Crippen molar-refractivity contribution in [3.8, 4) is 0 Å². The van der Waals surface area contributed by atoms with E-state index in [1.165, 1.54) is 44.9 Å². The molecule has 0 rings (SSSR count). The molecule has 0 aromatic rings. The molecule has 0 heterocycles. The predicted molar refractivity (Wildman–Crippen MR) is 214 cm³/mol. The van der Waals surface area contributed by atoms with Crippen LogP contribution in [0.3, 0.4) is 0 Å². The first-order valence-electron chi connectivity index (χ1n) is 21.1. The summed E-state index contributed by atoms with van der Waals surface area (Å²) in [5.74, 6) is -2.94. The molecule has 0 aromatic carbocycles. The molecule has 0 spiro atoms. The number of hydrogen-bond donors (Lipinski definition) is 3. The molecule has 0 saturated carbocycles. The SMILES string of the molecule is [N-]=[N+]=NCCOCCOCCOCCOCCOCCOCCOCCNC(=O)CC[C@H](CC(=O)CCCCCCCCCCCCCCCCC(=O)O)C(=O)O. The molecule has 17 heteroatoms. The molecule has 0 aliphatic heterocycles. The van der Waals surface area contributed by atoms with Crippen molar-refractivity contribution in [2.75, 3.05) is 106 Å². The molecule has 0 unspecified atom stereocenters. The number of nitrogens with zero attached hydrogens (tertiary/aromatic N) is 3. The number of aliphatic carboxylic acids is 2. The highest BCUT2D eigenvalue weighted by molar-refractivity contribution is 5.84. The Kier molecular flexibility index (Phi) is 42.0. The van der Waals surface area contributed by atoms with E-state index in [0.29, 0.717) is 112 Å². The fraction of sp³-hybridized carbons (Fsp3) is 0.900. The summed E-state index contributed by atoms with van der Waals surface area (Å²) in [6.07, 6.45) is 16.2. The number of ether oxygens (including phenoxy) is 7. The number of Topliss-reactive ketones (excluding diaryl/α,β-unsaturated/α-hetero) is 1. The Morgan fingerprint density at radius 3 is 1.26 bits per heavy atom. The highest BCUT2D eigenvalue weighted by Gasteiger charge is 2.22. The topological polar surface area (TPSA) is 234 Å². The zero-order chi connectivity index (χ0) is 41.7. The number of unbranched alkanes of at least 4 members (excludes halogenated alkanes) is 13. The number of nitrogens with one attached hydrogen (secondary N) is 1. The van der Waals surface area contributed by atoms with Crippen molar-refractivity contribution in [1.29, 1.82) is 0 Å². The average molecular weight is 819 g/mol. The maximum Gasteiger partial charge on any atom is 0.306 e. The van der Waals surface area contributed by atoms with Gasteiger partial charge in [-0.05, 0) is 24.8 Å². The molecule has 3 N–H and O–H groups in total. The van der Waals surface area contributed by atoms with Gasteiger partial charge >= 0.3 is 11.9 Å². The van der Waals surface area contributed by atoms with E-state index in [1.54, 1.807) is 0 Å². The summed E-state index contributed by atoms with van der Waals surface area (Å²) < 4.78 is 37.8. The predicted octanol–water partition coefficient (Wildman–Crippen LogP) is 6.30. The van der Waals surface area contributed by atoms with E-state index in [-0.39, 0.29) is 37.4 Å². The van der Waals surface area contributed by atoms with Crippen LogP contribution < -0.4 is 5.32 Å². The monoisotopic (exact) mass is 819 g/mol. The molecule has 17 nitrogen and oxygen atoms in total. The minimum absolute atomic E-state index is 0.0390. The van der Waals surface area contributed by atoms with Gasteiger partial charge in [0.2, 0.25) is 5.91 Å². The van der Waals surface area contributed by atoms with E-state index in [2.05, 4.69) is 15.3 Å². The third-order valence-corrected chi connectivity index (χ3v) is 8.84. The first-order chi connectivity index (χ1) is 27.9. The van der Waals surface area contributed by atoms with Crippen LogP contribution >= 0.6 is 0 Å². The number of carboxylic acid groups (broad SMARTS) is 2. The van der Waals surface area contributed by atoms with E-state index in [4.69, 9.17) is 43.8 Å². The number of carbonyl (C=O) groups is 4. The summed E-state index contributed by atoms with van der Waals surface area (Å²) in [5.41, 5.74) is 8.15. The average Bonchev–Trinajstić information content (AvgIpc) is 3.19. The lowest BCUT2D eigenvalue weighted by atomic mass is 9.94. The van der Waals surface area contributed by atoms with E-state index in [1.807, 2.05) is 0 Å². The van der Waals surface area contributed by atoms with E-state index in [0.717, 1.165) is 44.9 Å². The summed E-state index contributed by atoms with van der Waals surface area (Å²) >= 11 is 0. The Bertz CT molecular complexity index is 1020. The van der Waals surface area contributed by atoms with Crippen LogP contribution in [0.1, 0.15) is 122 Å². The molecule has 332 valence electrons. The van der Waals surface area contributed by atoms with Gasteiger partial charge in [-0.3, -0.25) is 19.2 Å². The Labute approximate surface area is 340 Å². The number of hydrogen-bond acceptors (Lipinski definition) is 12. The number of azide groups is 1. The van der Waals surface area contributed by atoms with Crippen molar-refractivity contribution in [3.05, 3.63) is 10.4 Å². The fourth-order valence-corrected chi connectivity index (χ4v) is 5.64. The van der Waals surface area contributed by atoms with Gasteiger partial charge in [0.25, 0.3) is 0 Å². The zero-order valence-corrected chi connectivity index (χ0v) is 34.6. The summed E-state index contributed by atoms with van der Waals surface area (Å²) in [6.45, 7) is 6.48. The molecule has 0 fully saturated rings. The van der Waals surface area contributed by atoms with Gasteiger partial charge in [-0.2, -0.15) is 0 Å². The third kappa shape index (κ3) is 44.1. The second-order valence-corrected chi connectivity index (χ2v) is 13.8. The standard InChI is InChI=1S/C40H74N4O13/c41-44-43-20-22-52-24-26-54-28-30-56-32-34-57-33-31-55-29-27-53-25-23-51-21-19-42-38(46)18-17-36(40(49)50)35-37(45)15-13-11-9-7-5-3-1-2-4-6-8-10-12-14-16-39(47)48/h36H,1-35H2,(H,42,46)(H,47,48)(H,49,50)/t36-/m1/s1. The number of carbonyl (C=O) groups excluding carboxylic acids is 2. The summed E-state index contributed by atoms with van der Waals surface area (Å²) in [5, 5.41) is 24.3. The Hall–Kier alpha value is -2.89. The lowest BCUT2D eigenvalue weighted by Gasteiger charge is -2.12. The van der Waals surface area contributed by atoms with Crippen molar-refractivity contribution in [2.24, 2.45) is 11.0 Å². The Morgan fingerprint density at radius 1 is 0.509 bits per heavy atom. The molecular formula is C40H74N4O13. The molecule has 0 aliphatic carbocycles. The van der Waals surface area contributed by atoms with Crippen molar-refractivity contribution >= 4 is 23.6 Å². The maximum atomic E-state index is 12.4. The molecule has 1 amide bonds. The number of carboxylic acids is 2. The molecule has 1 atom stereocenters. The lowest BCUT2D eigenvalue weighted by Crippen LogP contribution is -2.29. The van der Waals surface area contributed by atoms with Gasteiger partial charge < -0.3 is 48.7 Å². The van der Waals surface area contributed by atoms with Gasteiger partial charge in [-0.1, -0.05) is 82.2 Å². The number of ketones is 1. The third-order valence-electron chi connectivity index (χ3n) is 8.84. The van der Waals surface area contributed by atoms with Crippen molar-refractivity contribution in [2.45, 2.75) is 122 Å². The quantitative estimate of drug-likeness (QED) is 0.0265. The van der Waals surface area contributed by atoms with Gasteiger partial charge in [0.15, 0.2) is 0 Å². The Balaban J connectivity index is 3.51. The highest BCUT2D eigenvalue weighted by atomic mass is 16.6. The van der Waals surface area contributed by atoms with Crippen LogP contribution in [-0.4, -0.2) is 139 Å². The molecule has 0 aromatic heterocycles. The second-order valence-electron chi connectivity index (χ2n) is 13.8. The molecular weight excluding hydrogens is 744 g/mol. The van der Waals surface area contributed by atoms with Crippen LogP contribution in [-0.2, 0) is 52.3 Å².